The number of aryl methyl sites for hydroxylation is 2. The maximum Gasteiger partial charge on any atom is 0.187 e. The zero-order chi connectivity index (χ0) is 29.0. The number of nitrogens with zero attached hydrogens (tertiary/aromatic N) is 6. The molecule has 0 saturated carbocycles. The normalized spacial score (nSPS) is 13.3. The Morgan fingerprint density at radius 3 is 2.12 bits per heavy atom. The fourth-order valence-electron chi connectivity index (χ4n) is 4.29. The highest BCUT2D eigenvalue weighted by molar-refractivity contribution is 7.91. The van der Waals surface area contributed by atoms with Crippen LogP contribution in [0.15, 0.2) is 48.8 Å². The summed E-state index contributed by atoms with van der Waals surface area (Å²) in [5.41, 5.74) is 2.92. The van der Waals surface area contributed by atoms with E-state index in [2.05, 4.69) is 25.1 Å². The Balaban J connectivity index is 1.85. The summed E-state index contributed by atoms with van der Waals surface area (Å²) >= 11 is 0. The summed E-state index contributed by atoms with van der Waals surface area (Å²) in [5.74, 6) is 0.993. The minimum absolute atomic E-state index is 0.172. The number of aromatic nitrogens is 6. The lowest BCUT2D eigenvalue weighted by Crippen LogP contribution is -2.31. The number of para-hydroxylation sites is 1. The Hall–Kier alpha value is -3.90. The summed E-state index contributed by atoms with van der Waals surface area (Å²) in [5, 5.41) is 7.74. The van der Waals surface area contributed by atoms with Gasteiger partial charge in [0, 0.05) is 11.9 Å². The molecular weight excluding hydrogens is 532 g/mol. The van der Waals surface area contributed by atoms with Crippen molar-refractivity contribution >= 4 is 9.84 Å². The van der Waals surface area contributed by atoms with Gasteiger partial charge in [-0.1, -0.05) is 12.1 Å². The van der Waals surface area contributed by atoms with Gasteiger partial charge in [0.2, 0.25) is 0 Å². The molecule has 0 amide bonds. The molecule has 212 valence electrons. The molecule has 0 unspecified atom stereocenters. The molecule has 0 aliphatic carbocycles. The van der Waals surface area contributed by atoms with Gasteiger partial charge in [0.05, 0.1) is 43.2 Å². The Kier molecular flexibility index (Phi) is 8.79. The molecular formula is C28H34N6O5S. The average Bonchev–Trinajstić information content (AvgIpc) is 3.33. The number of benzene rings is 1. The predicted octanol–water partition coefficient (Wildman–Crippen LogP) is 4.22. The van der Waals surface area contributed by atoms with E-state index in [4.69, 9.17) is 14.2 Å². The fraction of sp³-hybridized carbons (Fsp3) is 0.393. The molecule has 0 aliphatic rings. The fourth-order valence-corrected chi connectivity index (χ4v) is 5.68. The monoisotopic (exact) mass is 566 g/mol. The van der Waals surface area contributed by atoms with Crippen molar-refractivity contribution in [2.45, 2.75) is 57.8 Å². The molecule has 0 fully saturated rings. The first-order chi connectivity index (χ1) is 19.1. The second-order valence-electron chi connectivity index (χ2n) is 9.65. The summed E-state index contributed by atoms with van der Waals surface area (Å²) in [4.78, 5) is 13.3. The number of ether oxygens (including phenoxy) is 3. The molecule has 0 radical (unpaired) electrons. The summed E-state index contributed by atoms with van der Waals surface area (Å²) in [7, 11) is -0.821. The van der Waals surface area contributed by atoms with Crippen molar-refractivity contribution in [1.82, 2.24) is 29.7 Å². The van der Waals surface area contributed by atoms with Gasteiger partial charge >= 0.3 is 0 Å². The van der Waals surface area contributed by atoms with Crippen molar-refractivity contribution in [2.24, 2.45) is 0 Å². The van der Waals surface area contributed by atoms with Crippen molar-refractivity contribution in [1.29, 1.82) is 0 Å². The van der Waals surface area contributed by atoms with Gasteiger partial charge in [-0.3, -0.25) is 14.5 Å². The van der Waals surface area contributed by atoms with Crippen molar-refractivity contribution in [3.63, 3.8) is 0 Å². The zero-order valence-electron chi connectivity index (χ0n) is 23.7. The average molecular weight is 567 g/mol. The predicted molar refractivity (Wildman–Crippen MR) is 150 cm³/mol. The van der Waals surface area contributed by atoms with Crippen LogP contribution in [0.5, 0.6) is 11.5 Å². The molecule has 0 aliphatic heterocycles. The van der Waals surface area contributed by atoms with Gasteiger partial charge in [-0.05, 0) is 58.9 Å². The molecule has 0 N–H and O–H groups in total. The molecule has 2 atom stereocenters. The minimum Gasteiger partial charge on any atom is -0.494 e. The number of sulfone groups is 1. The third-order valence-corrected chi connectivity index (χ3v) is 8.35. The van der Waals surface area contributed by atoms with Crippen LogP contribution >= 0.6 is 0 Å². The minimum atomic E-state index is -3.88. The molecule has 0 bridgehead atoms. The Labute approximate surface area is 234 Å². The number of rotatable bonds is 11. The van der Waals surface area contributed by atoms with Crippen LogP contribution in [0.25, 0.3) is 17.2 Å². The van der Waals surface area contributed by atoms with Gasteiger partial charge in [-0.25, -0.2) is 13.4 Å². The number of hydrogen-bond acceptors (Lipinski definition) is 10. The van der Waals surface area contributed by atoms with E-state index >= 15 is 0 Å². The summed E-state index contributed by atoms with van der Waals surface area (Å²) in [6.07, 6.45) is 2.06. The van der Waals surface area contributed by atoms with Crippen molar-refractivity contribution in [3.8, 4) is 28.7 Å². The third kappa shape index (κ3) is 6.13. The summed E-state index contributed by atoms with van der Waals surface area (Å²) < 4.78 is 46.9. The van der Waals surface area contributed by atoms with Crippen LogP contribution in [-0.2, 0) is 20.3 Å². The van der Waals surface area contributed by atoms with E-state index in [9.17, 15) is 8.42 Å². The van der Waals surface area contributed by atoms with E-state index < -0.39 is 26.9 Å². The first-order valence-electron chi connectivity index (χ1n) is 12.8. The van der Waals surface area contributed by atoms with Crippen molar-refractivity contribution in [3.05, 3.63) is 71.7 Å². The van der Waals surface area contributed by atoms with Gasteiger partial charge < -0.3 is 14.2 Å². The lowest BCUT2D eigenvalue weighted by Gasteiger charge is -2.26. The lowest BCUT2D eigenvalue weighted by molar-refractivity contribution is 0.00383. The maximum atomic E-state index is 14.0. The number of hydrogen-bond donors (Lipinski definition) is 0. The molecule has 0 spiro atoms. The second-order valence-corrected chi connectivity index (χ2v) is 12.0. The van der Waals surface area contributed by atoms with Crippen molar-refractivity contribution in [2.75, 3.05) is 14.2 Å². The largest absolute Gasteiger partial charge is 0.494 e. The molecule has 3 aromatic heterocycles. The highest BCUT2D eigenvalue weighted by atomic mass is 32.2. The number of methoxy groups -OCH3 is 2. The summed E-state index contributed by atoms with van der Waals surface area (Å²) in [6, 6.07) is 10.8. The summed E-state index contributed by atoms with van der Waals surface area (Å²) in [6.45, 7) is 8.98. The van der Waals surface area contributed by atoms with E-state index in [0.29, 0.717) is 34.4 Å². The quantitative estimate of drug-likeness (QED) is 0.260. The van der Waals surface area contributed by atoms with E-state index in [1.54, 1.807) is 48.1 Å². The van der Waals surface area contributed by atoms with Gasteiger partial charge in [-0.2, -0.15) is 0 Å². The van der Waals surface area contributed by atoms with Crippen LogP contribution in [-0.4, -0.2) is 63.7 Å². The SMILES string of the molecule is COc1cccc(OC)c1-n1c(CS(=O)(=O)[C@H](C)[C@H](OC(C)C)c2cnc(C)cn2)nnc1-c1cccc(C)n1. The molecule has 12 heteroatoms. The first-order valence-corrected chi connectivity index (χ1v) is 14.5. The van der Waals surface area contributed by atoms with E-state index in [1.807, 2.05) is 39.8 Å². The number of pyridine rings is 1. The molecule has 0 saturated heterocycles. The van der Waals surface area contributed by atoms with Gasteiger partial charge in [0.15, 0.2) is 21.5 Å². The third-order valence-electron chi connectivity index (χ3n) is 6.31. The first kappa shape index (κ1) is 29.1. The zero-order valence-corrected chi connectivity index (χ0v) is 24.5. The van der Waals surface area contributed by atoms with Crippen LogP contribution < -0.4 is 9.47 Å². The molecule has 3 heterocycles. The van der Waals surface area contributed by atoms with Crippen LogP contribution in [0.2, 0.25) is 0 Å². The van der Waals surface area contributed by atoms with Gasteiger partial charge in [-0.15, -0.1) is 10.2 Å². The highest BCUT2D eigenvalue weighted by Gasteiger charge is 2.36. The highest BCUT2D eigenvalue weighted by Crippen LogP contribution is 2.37. The molecule has 1 aromatic carbocycles. The topological polar surface area (TPSA) is 131 Å². The van der Waals surface area contributed by atoms with E-state index in [0.717, 1.165) is 11.4 Å². The van der Waals surface area contributed by atoms with Crippen molar-refractivity contribution < 1.29 is 22.6 Å². The van der Waals surface area contributed by atoms with Gasteiger partial charge in [0.25, 0.3) is 0 Å². The van der Waals surface area contributed by atoms with Crippen LogP contribution in [0.3, 0.4) is 0 Å². The van der Waals surface area contributed by atoms with E-state index in [-0.39, 0.29) is 11.9 Å². The second kappa shape index (κ2) is 12.1. The smallest absolute Gasteiger partial charge is 0.187 e. The maximum absolute atomic E-state index is 14.0. The molecule has 4 aromatic rings. The van der Waals surface area contributed by atoms with Gasteiger partial charge in [0.1, 0.15) is 34.7 Å². The van der Waals surface area contributed by atoms with Crippen LogP contribution in [0, 0.1) is 13.8 Å². The Morgan fingerprint density at radius 1 is 0.875 bits per heavy atom. The van der Waals surface area contributed by atoms with E-state index in [1.165, 1.54) is 14.2 Å². The molecule has 4 rings (SSSR count). The Bertz CT molecular complexity index is 1550. The lowest BCUT2D eigenvalue weighted by atomic mass is 10.2. The van der Waals surface area contributed by atoms with Crippen LogP contribution in [0.1, 0.15) is 49.8 Å². The molecule has 40 heavy (non-hydrogen) atoms. The van der Waals surface area contributed by atoms with Crippen LogP contribution in [0.4, 0.5) is 0 Å². The molecule has 11 nitrogen and oxygen atoms in total. The Morgan fingerprint density at radius 2 is 1.55 bits per heavy atom. The standard InChI is InChI=1S/C28H34N6O5S/c1-17(2)39-27(22-15-29-19(4)14-30-22)20(5)40(35,36)16-25-32-33-28(21-11-8-10-18(3)31-21)34(25)26-23(37-6)12-9-13-24(26)38-7/h8-15,17,20,27H,16H2,1-7H3/t20-,27+/m1/s1.